The summed E-state index contributed by atoms with van der Waals surface area (Å²) >= 11 is 4.79. The van der Waals surface area contributed by atoms with E-state index in [4.69, 9.17) is 0 Å². The molecule has 0 atom stereocenters. The van der Waals surface area contributed by atoms with E-state index in [9.17, 15) is 9.18 Å². The van der Waals surface area contributed by atoms with Gasteiger partial charge in [0.25, 0.3) is 0 Å². The van der Waals surface area contributed by atoms with Gasteiger partial charge in [0, 0.05) is 21.3 Å². The Bertz CT molecular complexity index is 577. The SMILES string of the molecule is CCCC(=O)c1ccc(-c2ccc(F)cc2Br)s1. The van der Waals surface area contributed by atoms with Gasteiger partial charge >= 0.3 is 0 Å². The largest absolute Gasteiger partial charge is 0.293 e. The Morgan fingerprint density at radius 2 is 2.11 bits per heavy atom. The lowest BCUT2D eigenvalue weighted by Crippen LogP contribution is -1.93. The maximum Gasteiger partial charge on any atom is 0.172 e. The highest BCUT2D eigenvalue weighted by atomic mass is 79.9. The molecule has 18 heavy (non-hydrogen) atoms. The molecule has 2 rings (SSSR count). The van der Waals surface area contributed by atoms with Crippen molar-refractivity contribution in [3.05, 3.63) is 45.5 Å². The van der Waals surface area contributed by atoms with E-state index in [0.29, 0.717) is 10.9 Å². The zero-order chi connectivity index (χ0) is 13.1. The van der Waals surface area contributed by atoms with E-state index in [-0.39, 0.29) is 11.6 Å². The third-order valence-electron chi connectivity index (χ3n) is 2.55. The molecule has 0 fully saturated rings. The monoisotopic (exact) mass is 326 g/mol. The number of hydrogen-bond acceptors (Lipinski definition) is 2. The van der Waals surface area contributed by atoms with Gasteiger partial charge in [-0.2, -0.15) is 0 Å². The van der Waals surface area contributed by atoms with Gasteiger partial charge in [0.1, 0.15) is 5.82 Å². The van der Waals surface area contributed by atoms with E-state index in [1.165, 1.54) is 23.5 Å². The van der Waals surface area contributed by atoms with Gasteiger partial charge < -0.3 is 0 Å². The molecule has 0 aliphatic heterocycles. The first-order valence-corrected chi connectivity index (χ1v) is 7.31. The van der Waals surface area contributed by atoms with E-state index in [1.54, 1.807) is 6.07 Å². The second-order valence-corrected chi connectivity index (χ2v) is 5.90. The third kappa shape index (κ3) is 2.87. The highest BCUT2D eigenvalue weighted by Gasteiger charge is 2.11. The molecule has 1 heterocycles. The molecule has 94 valence electrons. The van der Waals surface area contributed by atoms with Crippen molar-refractivity contribution in [1.29, 1.82) is 0 Å². The molecule has 0 saturated carbocycles. The van der Waals surface area contributed by atoms with Crippen molar-refractivity contribution < 1.29 is 9.18 Å². The number of benzene rings is 1. The lowest BCUT2D eigenvalue weighted by Gasteiger charge is -2.01. The number of carbonyl (C=O) groups is 1. The van der Waals surface area contributed by atoms with Crippen LogP contribution in [0.4, 0.5) is 4.39 Å². The van der Waals surface area contributed by atoms with Gasteiger partial charge in [-0.3, -0.25) is 4.79 Å². The zero-order valence-electron chi connectivity index (χ0n) is 9.87. The van der Waals surface area contributed by atoms with Gasteiger partial charge in [-0.15, -0.1) is 11.3 Å². The molecule has 1 nitrogen and oxygen atoms in total. The molecule has 0 aliphatic carbocycles. The number of thiophene rings is 1. The lowest BCUT2D eigenvalue weighted by atomic mass is 10.2. The highest BCUT2D eigenvalue weighted by molar-refractivity contribution is 9.10. The number of ketones is 1. The van der Waals surface area contributed by atoms with E-state index in [0.717, 1.165) is 21.7 Å². The van der Waals surface area contributed by atoms with Crippen molar-refractivity contribution >= 4 is 33.0 Å². The van der Waals surface area contributed by atoms with Gasteiger partial charge in [-0.1, -0.05) is 22.9 Å². The van der Waals surface area contributed by atoms with Crippen LogP contribution in [0.5, 0.6) is 0 Å². The number of Topliss-reactive ketones (excluding diaryl/α,β-unsaturated/α-hetero) is 1. The van der Waals surface area contributed by atoms with Crippen molar-refractivity contribution in [2.24, 2.45) is 0 Å². The number of rotatable bonds is 4. The predicted molar refractivity (Wildman–Crippen MR) is 76.7 cm³/mol. The van der Waals surface area contributed by atoms with Crippen LogP contribution in [0.1, 0.15) is 29.4 Å². The van der Waals surface area contributed by atoms with Crippen LogP contribution in [0.3, 0.4) is 0 Å². The maximum atomic E-state index is 13.0. The standard InChI is InChI=1S/C14H12BrFOS/c1-2-3-12(17)14-7-6-13(18-14)10-5-4-9(16)8-11(10)15/h4-8H,2-3H2,1H3. The Balaban J connectivity index is 2.32. The van der Waals surface area contributed by atoms with Crippen molar-refractivity contribution in [1.82, 2.24) is 0 Å². The molecule has 0 radical (unpaired) electrons. The number of halogens is 2. The second kappa shape index (κ2) is 5.76. The summed E-state index contributed by atoms with van der Waals surface area (Å²) in [4.78, 5) is 13.5. The maximum absolute atomic E-state index is 13.0. The first-order valence-electron chi connectivity index (χ1n) is 5.70. The van der Waals surface area contributed by atoms with Crippen molar-refractivity contribution in [3.8, 4) is 10.4 Å². The average molecular weight is 327 g/mol. The van der Waals surface area contributed by atoms with Crippen molar-refractivity contribution in [3.63, 3.8) is 0 Å². The summed E-state index contributed by atoms with van der Waals surface area (Å²) in [5.74, 6) is -0.101. The molecule has 2 aromatic rings. The lowest BCUT2D eigenvalue weighted by molar-refractivity contribution is 0.0985. The Morgan fingerprint density at radius 3 is 2.78 bits per heavy atom. The molecule has 0 bridgehead atoms. The van der Waals surface area contributed by atoms with Gasteiger partial charge in [-0.25, -0.2) is 4.39 Å². The Hall–Kier alpha value is -1.00. The minimum absolute atomic E-state index is 0.173. The fourth-order valence-electron chi connectivity index (χ4n) is 1.67. The summed E-state index contributed by atoms with van der Waals surface area (Å²) in [6, 6.07) is 8.33. The molecule has 0 amide bonds. The molecule has 0 spiro atoms. The first kappa shape index (κ1) is 13.4. The fourth-order valence-corrected chi connectivity index (χ4v) is 3.38. The molecule has 1 aromatic carbocycles. The van der Waals surface area contributed by atoms with E-state index < -0.39 is 0 Å². The van der Waals surface area contributed by atoms with Crippen LogP contribution in [-0.2, 0) is 0 Å². The fraction of sp³-hybridized carbons (Fsp3) is 0.214. The van der Waals surface area contributed by atoms with Crippen molar-refractivity contribution in [2.45, 2.75) is 19.8 Å². The van der Waals surface area contributed by atoms with Gasteiger partial charge in [0.05, 0.1) is 4.88 Å². The van der Waals surface area contributed by atoms with E-state index in [2.05, 4.69) is 15.9 Å². The van der Waals surface area contributed by atoms with Gasteiger partial charge in [0.2, 0.25) is 0 Å². The van der Waals surface area contributed by atoms with Gasteiger partial charge in [-0.05, 0) is 36.8 Å². The molecule has 0 unspecified atom stereocenters. The molecule has 0 aliphatic rings. The topological polar surface area (TPSA) is 17.1 Å². The van der Waals surface area contributed by atoms with Crippen LogP contribution in [0.15, 0.2) is 34.8 Å². The van der Waals surface area contributed by atoms with Crippen molar-refractivity contribution in [2.75, 3.05) is 0 Å². The highest BCUT2D eigenvalue weighted by Crippen LogP contribution is 2.34. The number of hydrogen-bond donors (Lipinski definition) is 0. The van der Waals surface area contributed by atoms with Crippen LogP contribution in [0, 0.1) is 5.82 Å². The summed E-state index contributed by atoms with van der Waals surface area (Å²) in [5.41, 5.74) is 0.914. The molecule has 4 heteroatoms. The summed E-state index contributed by atoms with van der Waals surface area (Å²) in [5, 5.41) is 0. The summed E-state index contributed by atoms with van der Waals surface area (Å²) < 4.78 is 13.7. The second-order valence-electron chi connectivity index (χ2n) is 3.96. The summed E-state index contributed by atoms with van der Waals surface area (Å²) in [6.45, 7) is 1.99. The molecular formula is C14H12BrFOS. The Kier molecular flexibility index (Phi) is 4.30. The molecule has 0 N–H and O–H groups in total. The minimum atomic E-state index is -0.274. The average Bonchev–Trinajstić information content (AvgIpc) is 2.78. The summed E-state index contributed by atoms with van der Waals surface area (Å²) in [6.07, 6.45) is 1.43. The van der Waals surface area contributed by atoms with Crippen LogP contribution in [0.25, 0.3) is 10.4 Å². The smallest absolute Gasteiger partial charge is 0.172 e. The summed E-state index contributed by atoms with van der Waals surface area (Å²) in [7, 11) is 0. The Morgan fingerprint density at radius 1 is 1.33 bits per heavy atom. The van der Waals surface area contributed by atoms with Crippen LogP contribution in [-0.4, -0.2) is 5.78 Å². The first-order chi connectivity index (χ1) is 8.61. The van der Waals surface area contributed by atoms with Crippen LogP contribution >= 0.6 is 27.3 Å². The third-order valence-corrected chi connectivity index (χ3v) is 4.37. The molecule has 1 aromatic heterocycles. The van der Waals surface area contributed by atoms with E-state index in [1.807, 2.05) is 19.1 Å². The zero-order valence-corrected chi connectivity index (χ0v) is 12.3. The molecular weight excluding hydrogens is 315 g/mol. The quantitative estimate of drug-likeness (QED) is 0.697. The van der Waals surface area contributed by atoms with Crippen LogP contribution in [0.2, 0.25) is 0 Å². The number of carbonyl (C=O) groups excluding carboxylic acids is 1. The van der Waals surface area contributed by atoms with Gasteiger partial charge in [0.15, 0.2) is 5.78 Å². The minimum Gasteiger partial charge on any atom is -0.293 e. The van der Waals surface area contributed by atoms with E-state index >= 15 is 0 Å². The predicted octanol–water partition coefficient (Wildman–Crippen LogP) is 5.30. The Labute approximate surface area is 118 Å². The normalized spacial score (nSPS) is 10.6. The van der Waals surface area contributed by atoms with Crippen LogP contribution < -0.4 is 0 Å². The molecule has 0 saturated heterocycles.